The highest BCUT2D eigenvalue weighted by Crippen LogP contribution is 2.30. The molecule has 0 aliphatic heterocycles. The summed E-state index contributed by atoms with van der Waals surface area (Å²) in [5.74, 6) is 0.528. The molecule has 0 spiro atoms. The first-order chi connectivity index (χ1) is 11.7. The molecule has 24 heavy (non-hydrogen) atoms. The average molecular weight is 357 g/mol. The lowest BCUT2D eigenvalue weighted by molar-refractivity contribution is 0.0693. The number of nitrogens with zero attached hydrogens (tertiary/aromatic N) is 1. The number of hydrogen-bond donors (Lipinski definition) is 1. The maximum atomic E-state index is 11.2. The minimum atomic E-state index is -0.908. The van der Waals surface area contributed by atoms with Gasteiger partial charge >= 0.3 is 5.97 Å². The van der Waals surface area contributed by atoms with Crippen molar-refractivity contribution in [3.8, 4) is 17.0 Å². The van der Waals surface area contributed by atoms with E-state index in [2.05, 4.69) is 4.98 Å². The van der Waals surface area contributed by atoms with Crippen molar-refractivity contribution in [3.05, 3.63) is 64.5 Å². The van der Waals surface area contributed by atoms with Crippen LogP contribution in [0.25, 0.3) is 11.3 Å². The van der Waals surface area contributed by atoms with Gasteiger partial charge in [0.05, 0.1) is 24.1 Å². The summed E-state index contributed by atoms with van der Waals surface area (Å²) in [6.45, 7) is 0. The van der Waals surface area contributed by atoms with Crippen LogP contribution in [0.5, 0.6) is 5.75 Å². The Morgan fingerprint density at radius 2 is 2.08 bits per heavy atom. The molecule has 0 aliphatic carbocycles. The Hall–Kier alpha value is -2.31. The molecule has 2 aromatic carbocycles. The summed E-state index contributed by atoms with van der Waals surface area (Å²) in [5, 5.41) is 12.2. The first-order valence-corrected chi connectivity index (χ1v) is 9.08. The number of thioether (sulfide) groups is 1. The normalized spacial score (nSPS) is 10.5. The van der Waals surface area contributed by atoms with E-state index in [1.165, 1.54) is 11.8 Å². The first-order valence-electron chi connectivity index (χ1n) is 7.21. The van der Waals surface area contributed by atoms with Gasteiger partial charge in [0, 0.05) is 15.8 Å². The van der Waals surface area contributed by atoms with Crippen LogP contribution < -0.4 is 4.74 Å². The fourth-order valence-corrected chi connectivity index (χ4v) is 4.07. The van der Waals surface area contributed by atoms with Crippen LogP contribution >= 0.6 is 23.1 Å². The van der Waals surface area contributed by atoms with Gasteiger partial charge in [-0.15, -0.1) is 23.1 Å². The number of benzene rings is 2. The van der Waals surface area contributed by atoms with Crippen LogP contribution in [0.1, 0.15) is 15.4 Å². The Balaban J connectivity index is 1.74. The van der Waals surface area contributed by atoms with E-state index in [9.17, 15) is 9.90 Å². The lowest BCUT2D eigenvalue weighted by Gasteiger charge is -2.04. The number of carbonyl (C=O) groups is 1. The van der Waals surface area contributed by atoms with Gasteiger partial charge in [-0.05, 0) is 24.3 Å². The van der Waals surface area contributed by atoms with Crippen LogP contribution in [0.2, 0.25) is 0 Å². The predicted molar refractivity (Wildman–Crippen MR) is 97.1 cm³/mol. The number of methoxy groups -OCH3 is 1. The monoisotopic (exact) mass is 357 g/mol. The molecule has 4 nitrogen and oxygen atoms in total. The van der Waals surface area contributed by atoms with Crippen molar-refractivity contribution in [2.24, 2.45) is 0 Å². The quantitative estimate of drug-likeness (QED) is 0.642. The number of ether oxygens (including phenoxy) is 1. The van der Waals surface area contributed by atoms with Gasteiger partial charge in [0.2, 0.25) is 0 Å². The Morgan fingerprint density at radius 1 is 1.25 bits per heavy atom. The highest BCUT2D eigenvalue weighted by atomic mass is 32.2. The number of rotatable bonds is 6. The standard InChI is InChI=1S/C18H15NO3S2/c1-22-13-6-4-5-12(9-13)15-10-24-17(19-15)11-23-16-8-3-2-7-14(16)18(20)21/h2-10H,11H2,1H3,(H,20,21). The van der Waals surface area contributed by atoms with E-state index in [0.717, 1.165) is 26.9 Å². The Bertz CT molecular complexity index is 861. The predicted octanol–water partition coefficient (Wildman–Crippen LogP) is 4.81. The smallest absolute Gasteiger partial charge is 0.336 e. The maximum absolute atomic E-state index is 11.2. The molecule has 0 amide bonds. The summed E-state index contributed by atoms with van der Waals surface area (Å²) in [4.78, 5) is 16.6. The van der Waals surface area contributed by atoms with Crippen molar-refractivity contribution in [1.29, 1.82) is 0 Å². The summed E-state index contributed by atoms with van der Waals surface area (Å²) in [6.07, 6.45) is 0. The summed E-state index contributed by atoms with van der Waals surface area (Å²) < 4.78 is 5.24. The molecular formula is C18H15NO3S2. The maximum Gasteiger partial charge on any atom is 0.336 e. The molecule has 3 aromatic rings. The fourth-order valence-electron chi connectivity index (χ4n) is 2.20. The molecule has 122 valence electrons. The molecule has 1 N–H and O–H groups in total. The highest BCUT2D eigenvalue weighted by Gasteiger charge is 2.11. The number of carboxylic acid groups (broad SMARTS) is 1. The minimum Gasteiger partial charge on any atom is -0.497 e. The molecular weight excluding hydrogens is 342 g/mol. The van der Waals surface area contributed by atoms with Gasteiger partial charge in [-0.2, -0.15) is 0 Å². The molecule has 3 rings (SSSR count). The van der Waals surface area contributed by atoms with Gasteiger partial charge in [-0.3, -0.25) is 0 Å². The molecule has 0 atom stereocenters. The van der Waals surface area contributed by atoms with Gasteiger partial charge in [0.15, 0.2) is 0 Å². The highest BCUT2D eigenvalue weighted by molar-refractivity contribution is 7.98. The summed E-state index contributed by atoms with van der Waals surface area (Å²) >= 11 is 3.06. The Labute approximate surface area is 148 Å². The molecule has 0 saturated heterocycles. The number of hydrogen-bond acceptors (Lipinski definition) is 5. The number of aromatic carboxylic acids is 1. The molecule has 0 bridgehead atoms. The van der Waals surface area contributed by atoms with Crippen LogP contribution in [-0.2, 0) is 5.75 Å². The van der Waals surface area contributed by atoms with Crippen molar-refractivity contribution in [1.82, 2.24) is 4.98 Å². The van der Waals surface area contributed by atoms with E-state index < -0.39 is 5.97 Å². The summed E-state index contributed by atoms with van der Waals surface area (Å²) in [7, 11) is 1.64. The molecule has 1 aromatic heterocycles. The largest absolute Gasteiger partial charge is 0.497 e. The van der Waals surface area contributed by atoms with E-state index in [0.29, 0.717) is 11.3 Å². The molecule has 6 heteroatoms. The van der Waals surface area contributed by atoms with Crippen molar-refractivity contribution >= 4 is 29.1 Å². The lowest BCUT2D eigenvalue weighted by Crippen LogP contribution is -1.98. The third-order valence-electron chi connectivity index (χ3n) is 3.39. The molecule has 0 radical (unpaired) electrons. The van der Waals surface area contributed by atoms with Gasteiger partial charge in [-0.1, -0.05) is 24.3 Å². The van der Waals surface area contributed by atoms with Crippen molar-refractivity contribution < 1.29 is 14.6 Å². The van der Waals surface area contributed by atoms with Gasteiger partial charge in [0.1, 0.15) is 10.8 Å². The zero-order valence-corrected chi connectivity index (χ0v) is 14.6. The molecule has 1 heterocycles. The third-order valence-corrected chi connectivity index (χ3v) is 5.50. The van der Waals surface area contributed by atoms with Crippen LogP contribution in [0.15, 0.2) is 58.8 Å². The van der Waals surface area contributed by atoms with E-state index in [1.807, 2.05) is 41.8 Å². The van der Waals surface area contributed by atoms with E-state index >= 15 is 0 Å². The second kappa shape index (κ2) is 7.51. The third kappa shape index (κ3) is 3.77. The average Bonchev–Trinajstić information content (AvgIpc) is 3.09. The zero-order chi connectivity index (χ0) is 16.9. The molecule has 0 unspecified atom stereocenters. The van der Waals surface area contributed by atoms with Crippen LogP contribution in [-0.4, -0.2) is 23.2 Å². The summed E-state index contributed by atoms with van der Waals surface area (Å²) in [6, 6.07) is 14.8. The summed E-state index contributed by atoms with van der Waals surface area (Å²) in [5.41, 5.74) is 2.24. The number of thiazole rings is 1. The first kappa shape index (κ1) is 16.5. The van der Waals surface area contributed by atoms with Gasteiger partial charge < -0.3 is 9.84 Å². The molecule has 0 fully saturated rings. The SMILES string of the molecule is COc1cccc(-c2csc(CSc3ccccc3C(=O)O)n2)c1. The van der Waals surface area contributed by atoms with E-state index in [1.54, 1.807) is 30.6 Å². The number of aromatic nitrogens is 1. The topological polar surface area (TPSA) is 59.4 Å². The second-order valence-electron chi connectivity index (χ2n) is 4.95. The van der Waals surface area contributed by atoms with Crippen molar-refractivity contribution in [2.75, 3.05) is 7.11 Å². The minimum absolute atomic E-state index is 0.326. The molecule has 0 aliphatic rings. The van der Waals surface area contributed by atoms with Gasteiger partial charge in [0.25, 0.3) is 0 Å². The van der Waals surface area contributed by atoms with Crippen molar-refractivity contribution in [2.45, 2.75) is 10.6 Å². The van der Waals surface area contributed by atoms with E-state index in [4.69, 9.17) is 4.74 Å². The lowest BCUT2D eigenvalue weighted by atomic mass is 10.2. The fraction of sp³-hybridized carbons (Fsp3) is 0.111. The van der Waals surface area contributed by atoms with Crippen LogP contribution in [0.4, 0.5) is 0 Å². The Kier molecular flexibility index (Phi) is 5.17. The van der Waals surface area contributed by atoms with Gasteiger partial charge in [-0.25, -0.2) is 9.78 Å². The zero-order valence-electron chi connectivity index (χ0n) is 12.9. The number of carboxylic acids is 1. The van der Waals surface area contributed by atoms with Crippen molar-refractivity contribution in [3.63, 3.8) is 0 Å². The van der Waals surface area contributed by atoms with E-state index in [-0.39, 0.29) is 0 Å². The Morgan fingerprint density at radius 3 is 2.88 bits per heavy atom. The van der Waals surface area contributed by atoms with Crippen LogP contribution in [0, 0.1) is 0 Å². The second-order valence-corrected chi connectivity index (χ2v) is 6.91. The molecule has 0 saturated carbocycles. The van der Waals surface area contributed by atoms with Crippen LogP contribution in [0.3, 0.4) is 0 Å².